The first-order valence-electron chi connectivity index (χ1n) is 5.23. The zero-order valence-corrected chi connectivity index (χ0v) is 10.2. The molecule has 1 unspecified atom stereocenters. The minimum Gasteiger partial charge on any atom is -0.494 e. The summed E-state index contributed by atoms with van der Waals surface area (Å²) in [6, 6.07) is 6.60. The summed E-state index contributed by atoms with van der Waals surface area (Å²) in [5, 5.41) is 13.7. The minimum absolute atomic E-state index is 0.221. The molecule has 0 bridgehead atoms. The van der Waals surface area contributed by atoms with Gasteiger partial charge < -0.3 is 9.84 Å². The highest BCUT2D eigenvalue weighted by atomic mass is 32.1. The van der Waals surface area contributed by atoms with E-state index in [0.29, 0.717) is 6.42 Å². The Hall–Kier alpha value is -1.39. The molecule has 1 N–H and O–H groups in total. The highest BCUT2D eigenvalue weighted by molar-refractivity contribution is 7.07. The van der Waals surface area contributed by atoms with Crippen molar-refractivity contribution >= 4 is 11.3 Å². The minimum atomic E-state index is -0.589. The van der Waals surface area contributed by atoms with Gasteiger partial charge in [0.05, 0.1) is 13.2 Å². The molecule has 0 aliphatic rings. The third-order valence-corrected chi connectivity index (χ3v) is 3.27. The Balaban J connectivity index is 2.11. The molecule has 90 valence electrons. The predicted molar refractivity (Wildman–Crippen MR) is 65.9 cm³/mol. The Morgan fingerprint density at radius 2 is 2.24 bits per heavy atom. The molecule has 2 aromatic rings. The van der Waals surface area contributed by atoms with Gasteiger partial charge in [0.15, 0.2) is 11.6 Å². The first-order chi connectivity index (χ1) is 8.20. The zero-order valence-electron chi connectivity index (χ0n) is 9.39. The van der Waals surface area contributed by atoms with Crippen LogP contribution in [0.5, 0.6) is 5.75 Å². The van der Waals surface area contributed by atoms with Crippen molar-refractivity contribution in [3.05, 3.63) is 52.0 Å². The third kappa shape index (κ3) is 2.84. The van der Waals surface area contributed by atoms with Crippen LogP contribution < -0.4 is 4.74 Å². The van der Waals surface area contributed by atoms with Gasteiger partial charge in [-0.1, -0.05) is 6.07 Å². The Labute approximate surface area is 103 Å². The number of rotatable bonds is 4. The van der Waals surface area contributed by atoms with Gasteiger partial charge in [0.25, 0.3) is 0 Å². The van der Waals surface area contributed by atoms with Crippen LogP contribution in [0.25, 0.3) is 0 Å². The molecule has 1 atom stereocenters. The molecule has 2 nitrogen and oxygen atoms in total. The standard InChI is InChI=1S/C13H13FO2S/c1-16-13-3-2-9(6-11(13)14)7-12(15)10-4-5-17-8-10/h2-6,8,12,15H,7H2,1H3. The maximum absolute atomic E-state index is 13.4. The molecule has 4 heteroatoms. The van der Waals surface area contributed by atoms with Gasteiger partial charge in [-0.15, -0.1) is 0 Å². The fraction of sp³-hybridized carbons (Fsp3) is 0.231. The number of hydrogen-bond donors (Lipinski definition) is 1. The summed E-state index contributed by atoms with van der Waals surface area (Å²) in [4.78, 5) is 0. The third-order valence-electron chi connectivity index (χ3n) is 2.57. The maximum Gasteiger partial charge on any atom is 0.165 e. The quantitative estimate of drug-likeness (QED) is 0.905. The van der Waals surface area contributed by atoms with Crippen molar-refractivity contribution in [1.29, 1.82) is 0 Å². The summed E-state index contributed by atoms with van der Waals surface area (Å²) in [5.41, 5.74) is 1.62. The molecule has 0 radical (unpaired) electrons. The molecule has 0 saturated heterocycles. The van der Waals surface area contributed by atoms with Crippen molar-refractivity contribution in [2.75, 3.05) is 7.11 Å². The topological polar surface area (TPSA) is 29.5 Å². The van der Waals surface area contributed by atoms with Crippen LogP contribution in [0.3, 0.4) is 0 Å². The number of methoxy groups -OCH3 is 1. The SMILES string of the molecule is COc1ccc(CC(O)c2ccsc2)cc1F. The fourth-order valence-corrected chi connectivity index (χ4v) is 2.35. The first kappa shape index (κ1) is 12.1. The normalized spacial score (nSPS) is 12.4. The van der Waals surface area contributed by atoms with Crippen LogP contribution in [0.1, 0.15) is 17.2 Å². The Kier molecular flexibility index (Phi) is 3.76. The summed E-state index contributed by atoms with van der Waals surface area (Å²) in [6.07, 6.45) is -0.188. The molecule has 0 spiro atoms. The molecule has 0 aliphatic heterocycles. The largest absolute Gasteiger partial charge is 0.494 e. The highest BCUT2D eigenvalue weighted by Crippen LogP contribution is 2.23. The molecule has 0 fully saturated rings. The molecule has 2 rings (SSSR count). The zero-order chi connectivity index (χ0) is 12.3. The molecule has 1 heterocycles. The van der Waals surface area contributed by atoms with Crippen LogP contribution in [-0.4, -0.2) is 12.2 Å². The van der Waals surface area contributed by atoms with Gasteiger partial charge in [0.1, 0.15) is 0 Å². The molecule has 17 heavy (non-hydrogen) atoms. The summed E-state index contributed by atoms with van der Waals surface area (Å²) in [5.74, 6) is -0.179. The Morgan fingerprint density at radius 1 is 1.41 bits per heavy atom. The Bertz CT molecular complexity index is 482. The van der Waals surface area contributed by atoms with Crippen LogP contribution in [0.2, 0.25) is 0 Å². The number of halogens is 1. The summed E-state index contributed by atoms with van der Waals surface area (Å²) in [7, 11) is 1.43. The lowest BCUT2D eigenvalue weighted by Gasteiger charge is -2.10. The molecule has 0 amide bonds. The van der Waals surface area contributed by atoms with E-state index in [1.165, 1.54) is 24.5 Å². The van der Waals surface area contributed by atoms with E-state index < -0.39 is 11.9 Å². The summed E-state index contributed by atoms with van der Waals surface area (Å²) < 4.78 is 18.3. The van der Waals surface area contributed by atoms with E-state index in [-0.39, 0.29) is 5.75 Å². The molecule has 1 aromatic heterocycles. The lowest BCUT2D eigenvalue weighted by molar-refractivity contribution is 0.179. The van der Waals surface area contributed by atoms with Crippen molar-refractivity contribution in [2.45, 2.75) is 12.5 Å². The van der Waals surface area contributed by atoms with Crippen LogP contribution in [0, 0.1) is 5.82 Å². The number of hydrogen-bond acceptors (Lipinski definition) is 3. The Morgan fingerprint density at radius 3 is 2.82 bits per heavy atom. The number of aliphatic hydroxyl groups excluding tert-OH is 1. The number of ether oxygens (including phenoxy) is 1. The van der Waals surface area contributed by atoms with E-state index in [0.717, 1.165) is 11.1 Å². The summed E-state index contributed by atoms with van der Waals surface area (Å²) >= 11 is 1.53. The lowest BCUT2D eigenvalue weighted by atomic mass is 10.0. The molecule has 0 saturated carbocycles. The molecular weight excluding hydrogens is 239 g/mol. The number of benzene rings is 1. The van der Waals surface area contributed by atoms with Gasteiger partial charge >= 0.3 is 0 Å². The average molecular weight is 252 g/mol. The van der Waals surface area contributed by atoms with Gasteiger partial charge in [-0.05, 0) is 40.1 Å². The van der Waals surface area contributed by atoms with Crippen LogP contribution in [0.4, 0.5) is 4.39 Å². The molecular formula is C13H13FO2S. The van der Waals surface area contributed by atoms with Gasteiger partial charge in [-0.2, -0.15) is 11.3 Å². The van der Waals surface area contributed by atoms with Gasteiger partial charge in [0, 0.05) is 6.42 Å². The predicted octanol–water partition coefficient (Wildman–Crippen LogP) is 3.17. The van der Waals surface area contributed by atoms with Crippen molar-refractivity contribution in [3.8, 4) is 5.75 Å². The van der Waals surface area contributed by atoms with E-state index in [4.69, 9.17) is 4.74 Å². The fourth-order valence-electron chi connectivity index (χ4n) is 1.64. The second-order valence-corrected chi connectivity index (χ2v) is 4.53. The van der Waals surface area contributed by atoms with E-state index >= 15 is 0 Å². The van der Waals surface area contributed by atoms with Gasteiger partial charge in [0.2, 0.25) is 0 Å². The van der Waals surface area contributed by atoms with Crippen molar-refractivity contribution in [2.24, 2.45) is 0 Å². The van der Waals surface area contributed by atoms with Gasteiger partial charge in [-0.3, -0.25) is 0 Å². The maximum atomic E-state index is 13.4. The molecule has 1 aromatic carbocycles. The summed E-state index contributed by atoms with van der Waals surface area (Å²) in [6.45, 7) is 0. The van der Waals surface area contributed by atoms with E-state index in [2.05, 4.69) is 0 Å². The van der Waals surface area contributed by atoms with Gasteiger partial charge in [-0.25, -0.2) is 4.39 Å². The number of aliphatic hydroxyl groups is 1. The number of thiophene rings is 1. The van der Waals surface area contributed by atoms with E-state index in [1.807, 2.05) is 16.8 Å². The van der Waals surface area contributed by atoms with Crippen LogP contribution in [0.15, 0.2) is 35.0 Å². The van der Waals surface area contributed by atoms with Crippen molar-refractivity contribution in [1.82, 2.24) is 0 Å². The highest BCUT2D eigenvalue weighted by Gasteiger charge is 2.10. The van der Waals surface area contributed by atoms with Crippen molar-refractivity contribution < 1.29 is 14.2 Å². The second kappa shape index (κ2) is 5.29. The lowest BCUT2D eigenvalue weighted by Crippen LogP contribution is -2.01. The van der Waals surface area contributed by atoms with Crippen LogP contribution in [-0.2, 0) is 6.42 Å². The average Bonchev–Trinajstić information content (AvgIpc) is 2.82. The first-order valence-corrected chi connectivity index (χ1v) is 6.17. The molecule has 0 aliphatic carbocycles. The second-order valence-electron chi connectivity index (χ2n) is 3.75. The smallest absolute Gasteiger partial charge is 0.165 e. The van der Waals surface area contributed by atoms with Crippen LogP contribution >= 0.6 is 11.3 Å². The van der Waals surface area contributed by atoms with Crippen molar-refractivity contribution in [3.63, 3.8) is 0 Å². The van der Waals surface area contributed by atoms with E-state index in [1.54, 1.807) is 12.1 Å². The van der Waals surface area contributed by atoms with E-state index in [9.17, 15) is 9.50 Å². The monoisotopic (exact) mass is 252 g/mol.